The van der Waals surface area contributed by atoms with E-state index in [0.717, 1.165) is 62.5 Å². The van der Waals surface area contributed by atoms with E-state index < -0.39 is 159 Å². The van der Waals surface area contributed by atoms with Crippen molar-refractivity contribution in [2.45, 2.75) is 203 Å². The minimum Gasteiger partial charge on any atom is -0.508 e. The fourth-order valence-corrected chi connectivity index (χ4v) is 9.68. The molecule has 16 atom stereocenters. The molecule has 414 valence electrons. The number of amides is 7. The highest BCUT2D eigenvalue weighted by Crippen LogP contribution is 2.27. The number of nitrogens with zero attached hydrogens (tertiary/aromatic N) is 3. The average Bonchev–Trinajstić information content (AvgIpc) is 3.95. The second kappa shape index (κ2) is 29.0. The number of carbonyl (C=O) groups is 7. The fraction of sp³-hybridized carbons (Fsp3) is 0.720. The van der Waals surface area contributed by atoms with Crippen LogP contribution in [0.1, 0.15) is 129 Å². The van der Waals surface area contributed by atoms with Crippen molar-refractivity contribution in [2.75, 3.05) is 13.1 Å². The maximum Gasteiger partial charge on any atom is 0.248 e. The Balaban J connectivity index is 1.68. The summed E-state index contributed by atoms with van der Waals surface area (Å²) in [5.41, 5.74) is -0.0965. The Labute approximate surface area is 430 Å². The molecule has 24 heteroatoms. The minimum atomic E-state index is -2.33. The minimum absolute atomic E-state index is 0.0706. The number of phenols is 1. The van der Waals surface area contributed by atoms with Crippen molar-refractivity contribution in [2.24, 2.45) is 11.8 Å². The first-order chi connectivity index (χ1) is 35.0. The zero-order chi connectivity index (χ0) is 55.0. The average molecular weight is 1050 g/mol. The molecular weight excluding hydrogens is 969 g/mol. The smallest absolute Gasteiger partial charge is 0.248 e. The van der Waals surface area contributed by atoms with E-state index in [0.29, 0.717) is 29.6 Å². The Morgan fingerprint density at radius 1 is 0.743 bits per heavy atom. The predicted molar refractivity (Wildman–Crippen MR) is 262 cm³/mol. The lowest BCUT2D eigenvalue weighted by Gasteiger charge is -2.34. The summed E-state index contributed by atoms with van der Waals surface area (Å²) in [4.78, 5) is 100. The van der Waals surface area contributed by atoms with Gasteiger partial charge >= 0.3 is 0 Å². The topological polar surface area (TPSA) is 392 Å². The molecule has 1 aromatic carbocycles. The number of aliphatic hydroxyl groups is 8. The van der Waals surface area contributed by atoms with Crippen LogP contribution < -0.4 is 26.6 Å². The van der Waals surface area contributed by atoms with Crippen molar-refractivity contribution in [1.82, 2.24) is 36.4 Å². The molecule has 0 bridgehead atoms. The number of hydrogen-bond donors (Lipinski definition) is 14. The molecule has 4 rings (SSSR count). The van der Waals surface area contributed by atoms with E-state index in [4.69, 9.17) is 0 Å². The highest BCUT2D eigenvalue weighted by Gasteiger charge is 2.49. The van der Waals surface area contributed by atoms with Crippen LogP contribution in [0.2, 0.25) is 0 Å². The number of unbranched alkanes of at least 4 members (excludes halogenated alkanes) is 5. The number of fused-ring (bicyclic) bond motifs is 2. The van der Waals surface area contributed by atoms with Gasteiger partial charge in [0.25, 0.3) is 0 Å². The van der Waals surface area contributed by atoms with Crippen molar-refractivity contribution in [3.05, 3.63) is 29.8 Å². The number of benzene rings is 1. The lowest BCUT2D eigenvalue weighted by atomic mass is 9.91. The maximum atomic E-state index is 14.3. The van der Waals surface area contributed by atoms with Gasteiger partial charge in [0, 0.05) is 32.4 Å². The number of nitrogens with one attached hydrogen (secondary N) is 5. The number of nitriles is 1. The van der Waals surface area contributed by atoms with Crippen LogP contribution in [0.5, 0.6) is 5.75 Å². The summed E-state index contributed by atoms with van der Waals surface area (Å²) in [5.74, 6) is -7.19. The lowest BCUT2D eigenvalue weighted by Crippen LogP contribution is -2.64. The largest absolute Gasteiger partial charge is 0.508 e. The van der Waals surface area contributed by atoms with Gasteiger partial charge in [0.2, 0.25) is 41.4 Å². The molecule has 3 fully saturated rings. The van der Waals surface area contributed by atoms with Gasteiger partial charge in [-0.05, 0) is 55.7 Å². The van der Waals surface area contributed by atoms with Crippen molar-refractivity contribution >= 4 is 41.4 Å². The van der Waals surface area contributed by atoms with Crippen LogP contribution in [0.15, 0.2) is 24.3 Å². The van der Waals surface area contributed by atoms with Crippen molar-refractivity contribution in [1.29, 1.82) is 5.26 Å². The van der Waals surface area contributed by atoms with Crippen molar-refractivity contribution < 1.29 is 79.5 Å². The first kappa shape index (κ1) is 61.0. The molecule has 24 nitrogen and oxygen atoms in total. The van der Waals surface area contributed by atoms with Gasteiger partial charge < -0.3 is 82.3 Å². The third-order valence-electron chi connectivity index (χ3n) is 14.2. The Morgan fingerprint density at radius 3 is 1.99 bits per heavy atom. The summed E-state index contributed by atoms with van der Waals surface area (Å²) in [6.45, 7) is 6.83. The molecule has 0 aromatic heterocycles. The number of hydrogen-bond acceptors (Lipinski definition) is 17. The van der Waals surface area contributed by atoms with Crippen LogP contribution >= 0.6 is 0 Å². The number of carbonyl (C=O) groups excluding carboxylic acids is 7. The normalized spacial score (nSPS) is 29.2. The lowest BCUT2D eigenvalue weighted by molar-refractivity contribution is -0.148. The van der Waals surface area contributed by atoms with Crippen LogP contribution in [-0.4, -0.2) is 189 Å². The first-order valence-corrected chi connectivity index (χ1v) is 25.7. The second-order valence-electron chi connectivity index (χ2n) is 20.3. The van der Waals surface area contributed by atoms with Crippen LogP contribution in [0.3, 0.4) is 0 Å². The zero-order valence-electron chi connectivity index (χ0n) is 42.6. The van der Waals surface area contributed by atoms with Gasteiger partial charge in [-0.15, -0.1) is 0 Å². The van der Waals surface area contributed by atoms with Crippen molar-refractivity contribution in [3.63, 3.8) is 0 Å². The molecule has 14 N–H and O–H groups in total. The van der Waals surface area contributed by atoms with Gasteiger partial charge in [0.05, 0.1) is 36.9 Å². The van der Waals surface area contributed by atoms with E-state index in [1.807, 2.05) is 0 Å². The van der Waals surface area contributed by atoms with Gasteiger partial charge in [-0.3, -0.25) is 33.6 Å². The zero-order valence-corrected chi connectivity index (χ0v) is 42.6. The van der Waals surface area contributed by atoms with E-state index in [1.165, 1.54) is 18.6 Å². The van der Waals surface area contributed by atoms with Crippen molar-refractivity contribution in [3.8, 4) is 11.8 Å². The molecule has 3 heterocycles. The molecule has 1 aromatic rings. The Kier molecular flexibility index (Phi) is 23.9. The number of rotatable bonds is 19. The summed E-state index contributed by atoms with van der Waals surface area (Å²) < 4.78 is 0. The van der Waals surface area contributed by atoms with Gasteiger partial charge in [-0.1, -0.05) is 77.8 Å². The summed E-state index contributed by atoms with van der Waals surface area (Å²) >= 11 is 0. The Morgan fingerprint density at radius 2 is 1.35 bits per heavy atom. The molecule has 3 saturated heterocycles. The molecule has 3 aliphatic heterocycles. The van der Waals surface area contributed by atoms with E-state index in [-0.39, 0.29) is 24.2 Å². The Bertz CT molecular complexity index is 2090. The molecule has 0 radical (unpaired) electrons. The third-order valence-corrected chi connectivity index (χ3v) is 14.2. The van der Waals surface area contributed by atoms with Gasteiger partial charge in [-0.2, -0.15) is 5.26 Å². The van der Waals surface area contributed by atoms with E-state index in [2.05, 4.69) is 47.4 Å². The van der Waals surface area contributed by atoms with Crippen LogP contribution in [-0.2, 0) is 33.6 Å². The molecule has 0 aliphatic carbocycles. The van der Waals surface area contributed by atoms with Crippen LogP contribution in [0.4, 0.5) is 0 Å². The van der Waals surface area contributed by atoms with Crippen LogP contribution in [0, 0.1) is 23.2 Å². The number of phenolic OH excluding ortho intramolecular Hbond substituents is 1. The second-order valence-corrected chi connectivity index (χ2v) is 20.3. The Hall–Kier alpha value is -5.52. The molecule has 0 saturated carbocycles. The fourth-order valence-electron chi connectivity index (χ4n) is 9.68. The first-order valence-electron chi connectivity index (χ1n) is 25.7. The predicted octanol–water partition coefficient (Wildman–Crippen LogP) is -2.30. The maximum absolute atomic E-state index is 14.3. The molecule has 3 unspecified atom stereocenters. The molecular formula is C50H78N8O16. The van der Waals surface area contributed by atoms with Gasteiger partial charge in [0.1, 0.15) is 60.3 Å². The summed E-state index contributed by atoms with van der Waals surface area (Å²) in [7, 11) is 0. The molecule has 0 spiro atoms. The van der Waals surface area contributed by atoms with E-state index >= 15 is 0 Å². The monoisotopic (exact) mass is 1050 g/mol. The SMILES string of the molecule is CCC(C)CC(C)CCCCCCCCC(=O)NC1C[C@@H](O)[C@@H](O)NC(=O)[C@@H]2[C@@H](O)CCN2C(=O)[C@H]([C@H](O)CC#N)NC(=O)[C@H]([C@H](O)[C@H](O)c2ccc(O)cc2)NC(=O)[C@@H]2C[C@@H](O)CN2C(=O)[C@H]([C@@H](C)O)NC1=O. The van der Waals surface area contributed by atoms with Gasteiger partial charge in [-0.25, -0.2) is 0 Å². The molecule has 74 heavy (non-hydrogen) atoms. The highest BCUT2D eigenvalue weighted by molar-refractivity contribution is 5.98. The number of aromatic hydroxyl groups is 1. The third kappa shape index (κ3) is 17.0. The van der Waals surface area contributed by atoms with E-state index in [9.17, 15) is 84.8 Å². The standard InChI is InChI=1S/C50H78N8O16/c1-5-26(2)22-27(3)12-10-8-6-7-9-11-13-37(65)52-32-24-36(64)46(70)56-48(72)41-35(63)19-21-57(41)50(74)39(34(62)18-20-51)54-47(71)40(43(67)42(66)29-14-16-30(60)17-15-29)55-45(69)33-23-31(61)25-58(33)49(73)38(28(4)59)53-44(32)68/h14-17,26-28,31-36,38-43,46,59-64,66-67,70H,5-13,18-19,21-25H2,1-4H3,(H,52,65)(H,53,68)(H,54,71)(H,55,69)(H,56,72)/t26?,27?,28-,31-,32?,33+,34-,35+,36-,38+,39+,40+,41+,42-,43+,46-/m1/s1. The van der Waals surface area contributed by atoms with E-state index in [1.54, 1.807) is 6.07 Å². The molecule has 3 aliphatic rings. The quantitative estimate of drug-likeness (QED) is 0.0648. The number of aliphatic hydroxyl groups excluding tert-OH is 8. The molecule has 7 amide bonds. The highest BCUT2D eigenvalue weighted by atomic mass is 16.3. The summed E-state index contributed by atoms with van der Waals surface area (Å²) in [5, 5.41) is 120. The van der Waals surface area contributed by atoms with Crippen LogP contribution in [0.25, 0.3) is 0 Å². The summed E-state index contributed by atoms with van der Waals surface area (Å²) in [6.07, 6.45) is -9.56. The van der Waals surface area contributed by atoms with Gasteiger partial charge in [0.15, 0.2) is 6.23 Å². The summed E-state index contributed by atoms with van der Waals surface area (Å²) in [6, 6.07) is -5.46.